The van der Waals surface area contributed by atoms with E-state index < -0.39 is 5.82 Å². The summed E-state index contributed by atoms with van der Waals surface area (Å²) in [5.41, 5.74) is 1.96. The zero-order valence-electron chi connectivity index (χ0n) is 23.3. The maximum atomic E-state index is 15.2. The lowest BCUT2D eigenvalue weighted by molar-refractivity contribution is -0.130. The van der Waals surface area contributed by atoms with Crippen molar-refractivity contribution in [2.75, 3.05) is 51.0 Å². The lowest BCUT2D eigenvalue weighted by Gasteiger charge is -2.34. The zero-order chi connectivity index (χ0) is 29.6. The first kappa shape index (κ1) is 28.9. The van der Waals surface area contributed by atoms with E-state index in [0.717, 1.165) is 38.3 Å². The highest BCUT2D eigenvalue weighted by Crippen LogP contribution is 2.42. The number of anilines is 4. The summed E-state index contributed by atoms with van der Waals surface area (Å²) in [7, 11) is 2.78. The molecule has 3 aromatic heterocycles. The van der Waals surface area contributed by atoms with E-state index in [1.54, 1.807) is 19.2 Å². The number of benzene rings is 1. The minimum absolute atomic E-state index is 0.0262. The van der Waals surface area contributed by atoms with Crippen molar-refractivity contribution in [2.24, 2.45) is 0 Å². The molecule has 4 aromatic rings. The Bertz CT molecular complexity index is 1540. The number of aromatic nitrogens is 5. The monoisotopic (exact) mass is 593 g/mol. The number of hydrogen-bond acceptors (Lipinski definition) is 11. The van der Waals surface area contributed by atoms with Gasteiger partial charge in [0.1, 0.15) is 46.6 Å². The van der Waals surface area contributed by atoms with E-state index in [0.29, 0.717) is 22.9 Å². The predicted octanol–water partition coefficient (Wildman–Crippen LogP) is 4.29. The van der Waals surface area contributed by atoms with Gasteiger partial charge in [-0.25, -0.2) is 29.3 Å². The van der Waals surface area contributed by atoms with Crippen molar-refractivity contribution in [2.45, 2.75) is 13.5 Å². The van der Waals surface area contributed by atoms with Crippen molar-refractivity contribution in [3.63, 3.8) is 0 Å². The summed E-state index contributed by atoms with van der Waals surface area (Å²) in [6.45, 7) is 5.48. The first-order valence-electron chi connectivity index (χ1n) is 13.1. The smallest absolute Gasteiger partial charge is 0.219 e. The summed E-state index contributed by atoms with van der Waals surface area (Å²) in [5, 5.41) is 6.15. The van der Waals surface area contributed by atoms with Crippen LogP contribution in [-0.2, 0) is 11.3 Å². The molecule has 1 aromatic carbocycles. The third-order valence-electron chi connectivity index (χ3n) is 6.78. The number of hydrogen-bond donors (Lipinski definition) is 2. The van der Waals surface area contributed by atoms with Gasteiger partial charge in [0.25, 0.3) is 0 Å². The predicted molar refractivity (Wildman–Crippen MR) is 156 cm³/mol. The highest BCUT2D eigenvalue weighted by atomic mass is 35.5. The third kappa shape index (κ3) is 6.47. The SMILES string of the molecule is COc1cc(OC)c(Cl)c(Nc2ncncc2-c2cc(Nc3ccc(CN4CCN(C(C)=O)CC4)cn3)ncn2)c1F. The first-order chi connectivity index (χ1) is 20.4. The summed E-state index contributed by atoms with van der Waals surface area (Å²) in [4.78, 5) is 37.3. The molecule has 1 amide bonds. The molecule has 14 heteroatoms. The van der Waals surface area contributed by atoms with Crippen LogP contribution in [0.1, 0.15) is 12.5 Å². The van der Waals surface area contributed by atoms with Gasteiger partial charge in [0.2, 0.25) is 5.91 Å². The summed E-state index contributed by atoms with van der Waals surface area (Å²) < 4.78 is 25.5. The van der Waals surface area contributed by atoms with Gasteiger partial charge in [-0.05, 0) is 11.6 Å². The Morgan fingerprint density at radius 3 is 2.43 bits per heavy atom. The molecule has 0 unspecified atom stereocenters. The fraction of sp³-hybridized carbons (Fsp3) is 0.286. The van der Waals surface area contributed by atoms with Crippen LogP contribution >= 0.6 is 11.6 Å². The minimum Gasteiger partial charge on any atom is -0.495 e. The number of halogens is 2. The average molecular weight is 594 g/mol. The van der Waals surface area contributed by atoms with Gasteiger partial charge in [-0.15, -0.1) is 0 Å². The van der Waals surface area contributed by atoms with E-state index >= 15 is 4.39 Å². The van der Waals surface area contributed by atoms with Crippen molar-refractivity contribution in [1.29, 1.82) is 0 Å². The van der Waals surface area contributed by atoms with Crippen LogP contribution in [0.25, 0.3) is 11.3 Å². The molecular formula is C28H29ClFN9O3. The number of nitrogens with zero attached hydrogens (tertiary/aromatic N) is 7. The number of carbonyl (C=O) groups is 1. The zero-order valence-corrected chi connectivity index (χ0v) is 24.0. The van der Waals surface area contributed by atoms with Crippen molar-refractivity contribution < 1.29 is 18.7 Å². The molecule has 4 heterocycles. The van der Waals surface area contributed by atoms with Crippen LogP contribution in [0.15, 0.2) is 49.3 Å². The second-order valence-electron chi connectivity index (χ2n) is 9.44. The fourth-order valence-corrected chi connectivity index (χ4v) is 4.77. The number of amides is 1. The van der Waals surface area contributed by atoms with Gasteiger partial charge in [0, 0.05) is 64.2 Å². The van der Waals surface area contributed by atoms with E-state index in [9.17, 15) is 4.79 Å². The van der Waals surface area contributed by atoms with Crippen LogP contribution in [0, 0.1) is 5.82 Å². The van der Waals surface area contributed by atoms with Gasteiger partial charge >= 0.3 is 0 Å². The Labute approximate surface area is 246 Å². The Balaban J connectivity index is 1.31. The Morgan fingerprint density at radius 2 is 1.74 bits per heavy atom. The second kappa shape index (κ2) is 12.9. The summed E-state index contributed by atoms with van der Waals surface area (Å²) in [6.07, 6.45) is 6.08. The minimum atomic E-state index is -0.703. The fourth-order valence-electron chi connectivity index (χ4n) is 4.51. The number of pyridine rings is 1. The highest BCUT2D eigenvalue weighted by molar-refractivity contribution is 6.35. The van der Waals surface area contributed by atoms with Gasteiger partial charge in [-0.3, -0.25) is 9.69 Å². The highest BCUT2D eigenvalue weighted by Gasteiger charge is 2.21. The number of rotatable bonds is 9. The van der Waals surface area contributed by atoms with Crippen molar-refractivity contribution in [1.82, 2.24) is 34.7 Å². The molecule has 1 fully saturated rings. The van der Waals surface area contributed by atoms with Crippen LogP contribution in [0.4, 0.5) is 27.5 Å². The van der Waals surface area contributed by atoms with Crippen molar-refractivity contribution >= 4 is 40.6 Å². The van der Waals surface area contributed by atoms with Gasteiger partial charge in [0.05, 0.1) is 25.5 Å². The number of methoxy groups -OCH3 is 2. The molecule has 12 nitrogen and oxygen atoms in total. The summed E-state index contributed by atoms with van der Waals surface area (Å²) >= 11 is 6.40. The molecule has 0 spiro atoms. The maximum Gasteiger partial charge on any atom is 0.219 e. The molecule has 42 heavy (non-hydrogen) atoms. The normalized spacial score (nSPS) is 13.5. The molecule has 1 saturated heterocycles. The van der Waals surface area contributed by atoms with Crippen LogP contribution < -0.4 is 20.1 Å². The number of piperazine rings is 1. The van der Waals surface area contributed by atoms with E-state index in [2.05, 4.69) is 40.5 Å². The topological polar surface area (TPSA) is 131 Å². The molecule has 218 valence electrons. The molecule has 0 radical (unpaired) electrons. The maximum absolute atomic E-state index is 15.2. The molecule has 0 saturated carbocycles. The van der Waals surface area contributed by atoms with E-state index in [4.69, 9.17) is 21.1 Å². The molecule has 1 aliphatic rings. The van der Waals surface area contributed by atoms with Crippen molar-refractivity contribution in [3.8, 4) is 22.8 Å². The number of ether oxygens (including phenoxy) is 2. The first-order valence-corrected chi connectivity index (χ1v) is 13.4. The molecule has 2 N–H and O–H groups in total. The summed E-state index contributed by atoms with van der Waals surface area (Å²) in [6, 6.07) is 6.95. The van der Waals surface area contributed by atoms with E-state index in [-0.39, 0.29) is 33.9 Å². The third-order valence-corrected chi connectivity index (χ3v) is 7.15. The van der Waals surface area contributed by atoms with Crippen LogP contribution in [0.2, 0.25) is 5.02 Å². The number of carbonyl (C=O) groups excluding carboxylic acids is 1. The average Bonchev–Trinajstić information content (AvgIpc) is 3.01. The van der Waals surface area contributed by atoms with Crippen LogP contribution in [0.3, 0.4) is 0 Å². The van der Waals surface area contributed by atoms with Crippen LogP contribution in [-0.4, -0.2) is 81.0 Å². The lowest BCUT2D eigenvalue weighted by atomic mass is 10.2. The molecule has 1 aliphatic heterocycles. The molecular weight excluding hydrogens is 565 g/mol. The van der Waals surface area contributed by atoms with Gasteiger partial charge in [-0.2, -0.15) is 0 Å². The largest absolute Gasteiger partial charge is 0.495 e. The van der Waals surface area contributed by atoms with Gasteiger partial charge in [-0.1, -0.05) is 17.7 Å². The Hall–Kier alpha value is -4.62. The second-order valence-corrected chi connectivity index (χ2v) is 9.82. The van der Waals surface area contributed by atoms with Gasteiger partial charge in [0.15, 0.2) is 11.6 Å². The molecule has 0 aliphatic carbocycles. The molecule has 0 bridgehead atoms. The number of nitrogens with one attached hydrogen (secondary N) is 2. The Morgan fingerprint density at radius 1 is 0.952 bits per heavy atom. The van der Waals surface area contributed by atoms with E-state index in [1.807, 2.05) is 23.2 Å². The van der Waals surface area contributed by atoms with Crippen molar-refractivity contribution in [3.05, 3.63) is 65.7 Å². The van der Waals surface area contributed by atoms with E-state index in [1.165, 1.54) is 32.9 Å². The lowest BCUT2D eigenvalue weighted by Crippen LogP contribution is -2.47. The summed E-state index contributed by atoms with van der Waals surface area (Å²) in [5.74, 6) is 0.950. The molecule has 5 rings (SSSR count). The Kier molecular flexibility index (Phi) is 8.88. The molecule has 0 atom stereocenters. The standard InChI is InChI=1S/C28H29ClFN9O3/c1-17(40)39-8-6-38(7-9-39)14-18-4-5-23(32-12-18)36-24-10-20(33-16-34-24)19-13-31-15-35-28(19)37-27-25(29)21(41-2)11-22(42-3)26(27)30/h4-5,10-13,15-16H,6-9,14H2,1-3H3,(H,31,35,37)(H,32,33,34,36). The quantitative estimate of drug-likeness (QED) is 0.288. The van der Waals surface area contributed by atoms with Gasteiger partial charge < -0.3 is 25.0 Å². The van der Waals surface area contributed by atoms with Crippen LogP contribution in [0.5, 0.6) is 11.5 Å².